The van der Waals surface area contributed by atoms with Crippen LogP contribution in [0.3, 0.4) is 0 Å². The van der Waals surface area contributed by atoms with Gasteiger partial charge in [0.15, 0.2) is 5.58 Å². The van der Waals surface area contributed by atoms with Crippen LogP contribution in [0.15, 0.2) is 52.9 Å². The number of sulfonamides is 1. The van der Waals surface area contributed by atoms with Crippen LogP contribution in [0.2, 0.25) is 0 Å². The molecule has 2 aromatic carbocycles. The Balaban J connectivity index is 1.45. The number of hydrogen-bond donors (Lipinski definition) is 1. The number of nitrogens with zero attached hydrogens (tertiary/aromatic N) is 2. The molecular formula is C20H21N3O4S. The quantitative estimate of drug-likeness (QED) is 0.728. The number of aromatic nitrogens is 1. The maximum absolute atomic E-state index is 12.5. The highest BCUT2D eigenvalue weighted by Crippen LogP contribution is 2.26. The number of oxazole rings is 1. The first-order valence-corrected chi connectivity index (χ1v) is 11.0. The van der Waals surface area contributed by atoms with Crippen molar-refractivity contribution in [3.8, 4) is 11.5 Å². The molecule has 0 saturated carbocycles. The van der Waals surface area contributed by atoms with Gasteiger partial charge in [-0.3, -0.25) is 4.79 Å². The zero-order valence-corrected chi connectivity index (χ0v) is 16.3. The number of carbonyl (C=O) groups is 1. The fourth-order valence-corrected chi connectivity index (χ4v) is 4.31. The van der Waals surface area contributed by atoms with Crippen molar-refractivity contribution in [2.75, 3.05) is 24.7 Å². The first kappa shape index (κ1) is 18.6. The molecule has 0 radical (unpaired) electrons. The molecule has 4 rings (SSSR count). The SMILES string of the molecule is CS(=O)(=O)N1CCC[C@@H](C(=O)Nc2ccc(-c3nc4ccccc4o3)cc2)C1. The molecule has 28 heavy (non-hydrogen) atoms. The number of hydrogen-bond acceptors (Lipinski definition) is 5. The second kappa shape index (κ2) is 7.37. The number of nitrogens with one attached hydrogen (secondary N) is 1. The number of rotatable bonds is 4. The van der Waals surface area contributed by atoms with Crippen molar-refractivity contribution in [2.24, 2.45) is 5.92 Å². The summed E-state index contributed by atoms with van der Waals surface area (Å²) < 4.78 is 30.6. The second-order valence-electron chi connectivity index (χ2n) is 7.01. The van der Waals surface area contributed by atoms with Gasteiger partial charge in [0.05, 0.1) is 12.2 Å². The zero-order valence-electron chi connectivity index (χ0n) is 15.5. The minimum Gasteiger partial charge on any atom is -0.436 e. The normalized spacial score (nSPS) is 18.2. The standard InChI is InChI=1S/C20H21N3O4S/c1-28(25,26)23-12-4-5-15(13-23)19(24)21-16-10-8-14(9-11-16)20-22-17-6-2-3-7-18(17)27-20/h2-3,6-11,15H,4-5,12-13H2,1H3,(H,21,24)/t15-/m1/s1. The zero-order chi connectivity index (χ0) is 19.7. The predicted molar refractivity (Wildman–Crippen MR) is 107 cm³/mol. The fraction of sp³-hybridized carbons (Fsp3) is 0.300. The van der Waals surface area contributed by atoms with E-state index in [9.17, 15) is 13.2 Å². The third-order valence-corrected chi connectivity index (χ3v) is 6.19. The summed E-state index contributed by atoms with van der Waals surface area (Å²) in [6.07, 6.45) is 2.54. The summed E-state index contributed by atoms with van der Waals surface area (Å²) in [6.45, 7) is 0.702. The summed E-state index contributed by atoms with van der Waals surface area (Å²) in [6, 6.07) is 14.8. The maximum atomic E-state index is 12.5. The lowest BCUT2D eigenvalue weighted by molar-refractivity contribution is -0.120. The predicted octanol–water partition coefficient (Wildman–Crippen LogP) is 3.10. The molecule has 1 amide bonds. The molecule has 1 aromatic heterocycles. The summed E-state index contributed by atoms with van der Waals surface area (Å²) in [5.41, 5.74) is 2.99. The summed E-state index contributed by atoms with van der Waals surface area (Å²) in [4.78, 5) is 17.0. The van der Waals surface area contributed by atoms with E-state index >= 15 is 0 Å². The van der Waals surface area contributed by atoms with E-state index in [-0.39, 0.29) is 18.4 Å². The highest BCUT2D eigenvalue weighted by molar-refractivity contribution is 7.88. The number of para-hydroxylation sites is 2. The summed E-state index contributed by atoms with van der Waals surface area (Å²) in [5, 5.41) is 2.88. The molecule has 3 aromatic rings. The molecule has 8 heteroatoms. The van der Waals surface area contributed by atoms with Gasteiger partial charge in [0, 0.05) is 24.3 Å². The van der Waals surface area contributed by atoms with Crippen LogP contribution >= 0.6 is 0 Å². The van der Waals surface area contributed by atoms with Crippen molar-refractivity contribution in [3.05, 3.63) is 48.5 Å². The molecule has 0 aliphatic carbocycles. The van der Waals surface area contributed by atoms with Gasteiger partial charge in [-0.1, -0.05) is 12.1 Å². The molecule has 7 nitrogen and oxygen atoms in total. The van der Waals surface area contributed by atoms with Crippen molar-refractivity contribution in [3.63, 3.8) is 0 Å². The average Bonchev–Trinajstić information content (AvgIpc) is 3.12. The molecule has 1 fully saturated rings. The van der Waals surface area contributed by atoms with Gasteiger partial charge in [-0.2, -0.15) is 0 Å². The van der Waals surface area contributed by atoms with Gasteiger partial charge in [-0.05, 0) is 49.2 Å². The van der Waals surface area contributed by atoms with Gasteiger partial charge in [-0.25, -0.2) is 17.7 Å². The van der Waals surface area contributed by atoms with E-state index in [1.54, 1.807) is 12.1 Å². The monoisotopic (exact) mass is 399 g/mol. The van der Waals surface area contributed by atoms with Crippen molar-refractivity contribution < 1.29 is 17.6 Å². The highest BCUT2D eigenvalue weighted by atomic mass is 32.2. The molecule has 0 spiro atoms. The van der Waals surface area contributed by atoms with Crippen LogP contribution in [0, 0.1) is 5.92 Å². The Kier molecular flexibility index (Phi) is 4.91. The Morgan fingerprint density at radius 1 is 1.18 bits per heavy atom. The minimum absolute atomic E-state index is 0.164. The lowest BCUT2D eigenvalue weighted by atomic mass is 9.98. The van der Waals surface area contributed by atoms with E-state index in [0.717, 1.165) is 16.7 Å². The maximum Gasteiger partial charge on any atom is 0.228 e. The van der Waals surface area contributed by atoms with Gasteiger partial charge in [0.1, 0.15) is 5.52 Å². The van der Waals surface area contributed by atoms with Crippen LogP contribution in [0.4, 0.5) is 5.69 Å². The van der Waals surface area contributed by atoms with Crippen molar-refractivity contribution in [2.45, 2.75) is 12.8 Å². The van der Waals surface area contributed by atoms with Crippen molar-refractivity contribution >= 4 is 32.7 Å². The number of piperidine rings is 1. The molecule has 0 bridgehead atoms. The van der Waals surface area contributed by atoms with E-state index in [1.807, 2.05) is 36.4 Å². The number of anilines is 1. The molecule has 146 valence electrons. The van der Waals surface area contributed by atoms with Gasteiger partial charge in [0.25, 0.3) is 0 Å². The van der Waals surface area contributed by atoms with Gasteiger partial charge >= 0.3 is 0 Å². The van der Waals surface area contributed by atoms with Crippen LogP contribution in [-0.4, -0.2) is 43.0 Å². The number of benzene rings is 2. The highest BCUT2D eigenvalue weighted by Gasteiger charge is 2.30. The van der Waals surface area contributed by atoms with Crippen LogP contribution in [0.1, 0.15) is 12.8 Å². The van der Waals surface area contributed by atoms with Gasteiger partial charge in [0.2, 0.25) is 21.8 Å². The Bertz CT molecular complexity index is 1070. The van der Waals surface area contributed by atoms with Crippen LogP contribution in [0.25, 0.3) is 22.6 Å². The first-order valence-electron chi connectivity index (χ1n) is 9.12. The van der Waals surface area contributed by atoms with Gasteiger partial charge < -0.3 is 9.73 Å². The number of fused-ring (bicyclic) bond motifs is 1. The van der Waals surface area contributed by atoms with E-state index in [0.29, 0.717) is 31.0 Å². The van der Waals surface area contributed by atoms with E-state index < -0.39 is 10.0 Å². The van der Waals surface area contributed by atoms with Crippen molar-refractivity contribution in [1.29, 1.82) is 0 Å². The van der Waals surface area contributed by atoms with Crippen molar-refractivity contribution in [1.82, 2.24) is 9.29 Å². The molecule has 1 aliphatic rings. The smallest absolute Gasteiger partial charge is 0.228 e. The Labute approximate surface area is 163 Å². The number of amides is 1. The number of carbonyl (C=O) groups excluding carboxylic acids is 1. The van der Waals surface area contributed by atoms with Crippen LogP contribution in [-0.2, 0) is 14.8 Å². The molecule has 1 N–H and O–H groups in total. The van der Waals surface area contributed by atoms with E-state index in [1.165, 1.54) is 10.6 Å². The molecule has 1 aliphatic heterocycles. The summed E-state index contributed by atoms with van der Waals surface area (Å²) >= 11 is 0. The molecular weight excluding hydrogens is 378 g/mol. The van der Waals surface area contributed by atoms with Crippen LogP contribution < -0.4 is 5.32 Å². The topological polar surface area (TPSA) is 92.5 Å². The molecule has 1 atom stereocenters. The second-order valence-corrected chi connectivity index (χ2v) is 9.00. The summed E-state index contributed by atoms with van der Waals surface area (Å²) in [5.74, 6) is 0.0123. The van der Waals surface area contributed by atoms with Crippen LogP contribution in [0.5, 0.6) is 0 Å². The molecule has 0 unspecified atom stereocenters. The lowest BCUT2D eigenvalue weighted by Gasteiger charge is -2.30. The Hall–Kier alpha value is -2.71. The third-order valence-electron chi connectivity index (χ3n) is 4.92. The van der Waals surface area contributed by atoms with E-state index in [2.05, 4.69) is 10.3 Å². The third kappa shape index (κ3) is 3.93. The molecule has 1 saturated heterocycles. The summed E-state index contributed by atoms with van der Waals surface area (Å²) in [7, 11) is -3.28. The molecule has 2 heterocycles. The lowest BCUT2D eigenvalue weighted by Crippen LogP contribution is -2.43. The largest absolute Gasteiger partial charge is 0.436 e. The Morgan fingerprint density at radius 3 is 2.64 bits per heavy atom. The van der Waals surface area contributed by atoms with Gasteiger partial charge in [-0.15, -0.1) is 0 Å². The average molecular weight is 399 g/mol. The minimum atomic E-state index is -3.28. The fourth-order valence-electron chi connectivity index (χ4n) is 3.39. The Morgan fingerprint density at radius 2 is 1.93 bits per heavy atom. The van der Waals surface area contributed by atoms with E-state index in [4.69, 9.17) is 4.42 Å². The first-order chi connectivity index (χ1) is 13.4.